The van der Waals surface area contributed by atoms with E-state index in [9.17, 15) is 0 Å². The predicted molar refractivity (Wildman–Crippen MR) is 65.3 cm³/mol. The lowest BCUT2D eigenvalue weighted by atomic mass is 9.87. The fourth-order valence-electron chi connectivity index (χ4n) is 4.40. The SMILES string of the molecule is CNC(C1CCOCC1)C1C2CCCCC21. The van der Waals surface area contributed by atoms with E-state index in [4.69, 9.17) is 4.74 Å². The van der Waals surface area contributed by atoms with Crippen molar-refractivity contribution in [1.29, 1.82) is 0 Å². The van der Waals surface area contributed by atoms with Gasteiger partial charge < -0.3 is 10.1 Å². The minimum atomic E-state index is 0.789. The maximum absolute atomic E-state index is 5.49. The van der Waals surface area contributed by atoms with Crippen LogP contribution in [0.4, 0.5) is 0 Å². The largest absolute Gasteiger partial charge is 0.381 e. The van der Waals surface area contributed by atoms with Crippen LogP contribution in [0.2, 0.25) is 0 Å². The Labute approximate surface area is 99.1 Å². The molecular formula is C14H25NO. The molecule has 3 atom stereocenters. The summed E-state index contributed by atoms with van der Waals surface area (Å²) in [5, 5.41) is 3.63. The molecule has 0 aromatic heterocycles. The summed E-state index contributed by atoms with van der Waals surface area (Å²) in [6, 6.07) is 0.789. The van der Waals surface area contributed by atoms with Crippen molar-refractivity contribution in [1.82, 2.24) is 5.32 Å². The molecular weight excluding hydrogens is 198 g/mol. The highest BCUT2D eigenvalue weighted by atomic mass is 16.5. The minimum Gasteiger partial charge on any atom is -0.381 e. The maximum Gasteiger partial charge on any atom is 0.0469 e. The summed E-state index contributed by atoms with van der Waals surface area (Å²) in [5.74, 6) is 4.05. The Balaban J connectivity index is 1.62. The summed E-state index contributed by atoms with van der Waals surface area (Å²) >= 11 is 0. The Kier molecular flexibility index (Phi) is 3.21. The van der Waals surface area contributed by atoms with Gasteiger partial charge in [0.25, 0.3) is 0 Å². The second-order valence-electron chi connectivity index (χ2n) is 5.95. The summed E-state index contributed by atoms with van der Waals surface area (Å²) in [7, 11) is 2.17. The van der Waals surface area contributed by atoms with E-state index in [2.05, 4.69) is 12.4 Å². The molecule has 92 valence electrons. The Morgan fingerprint density at radius 2 is 1.62 bits per heavy atom. The van der Waals surface area contributed by atoms with Gasteiger partial charge in [0.15, 0.2) is 0 Å². The van der Waals surface area contributed by atoms with Crippen molar-refractivity contribution in [2.75, 3.05) is 20.3 Å². The smallest absolute Gasteiger partial charge is 0.0469 e. The molecule has 3 aliphatic rings. The quantitative estimate of drug-likeness (QED) is 0.793. The van der Waals surface area contributed by atoms with Gasteiger partial charge in [0, 0.05) is 19.3 Å². The van der Waals surface area contributed by atoms with Crippen LogP contribution >= 0.6 is 0 Å². The second kappa shape index (κ2) is 4.66. The average Bonchev–Trinajstić information content (AvgIpc) is 3.07. The molecule has 3 rings (SSSR count). The van der Waals surface area contributed by atoms with E-state index < -0.39 is 0 Å². The van der Waals surface area contributed by atoms with E-state index in [1.165, 1.54) is 38.5 Å². The van der Waals surface area contributed by atoms with Crippen LogP contribution in [0.3, 0.4) is 0 Å². The van der Waals surface area contributed by atoms with Crippen LogP contribution in [0.1, 0.15) is 38.5 Å². The molecule has 0 aromatic carbocycles. The third-order valence-corrected chi connectivity index (χ3v) is 5.24. The summed E-state index contributed by atoms with van der Waals surface area (Å²) in [6.45, 7) is 1.98. The highest BCUT2D eigenvalue weighted by Crippen LogP contribution is 2.58. The maximum atomic E-state index is 5.49. The lowest BCUT2D eigenvalue weighted by Gasteiger charge is -2.30. The molecule has 3 unspecified atom stereocenters. The fraction of sp³-hybridized carbons (Fsp3) is 1.00. The number of fused-ring (bicyclic) bond motifs is 1. The summed E-state index contributed by atoms with van der Waals surface area (Å²) < 4.78 is 5.49. The van der Waals surface area contributed by atoms with Gasteiger partial charge in [-0.1, -0.05) is 12.8 Å². The average molecular weight is 223 g/mol. The monoisotopic (exact) mass is 223 g/mol. The lowest BCUT2D eigenvalue weighted by Crippen LogP contribution is -2.39. The van der Waals surface area contributed by atoms with E-state index in [0.717, 1.165) is 42.9 Å². The molecule has 3 fully saturated rings. The van der Waals surface area contributed by atoms with Gasteiger partial charge in [0.05, 0.1) is 0 Å². The first-order valence-corrected chi connectivity index (χ1v) is 7.17. The normalized spacial score (nSPS) is 41.4. The molecule has 2 nitrogen and oxygen atoms in total. The first-order valence-electron chi connectivity index (χ1n) is 7.17. The Hall–Kier alpha value is -0.0800. The minimum absolute atomic E-state index is 0.789. The van der Waals surface area contributed by atoms with Crippen LogP contribution in [-0.4, -0.2) is 26.3 Å². The Bertz CT molecular complexity index is 225. The van der Waals surface area contributed by atoms with Crippen molar-refractivity contribution in [3.63, 3.8) is 0 Å². The highest BCUT2D eigenvalue weighted by Gasteiger charge is 2.55. The van der Waals surface area contributed by atoms with E-state index in [-0.39, 0.29) is 0 Å². The second-order valence-corrected chi connectivity index (χ2v) is 5.95. The molecule has 0 aromatic rings. The topological polar surface area (TPSA) is 21.3 Å². The van der Waals surface area contributed by atoms with Gasteiger partial charge in [-0.15, -0.1) is 0 Å². The van der Waals surface area contributed by atoms with E-state index in [1.54, 1.807) is 0 Å². The summed E-state index contributed by atoms with van der Waals surface area (Å²) in [5.41, 5.74) is 0. The molecule has 0 spiro atoms. The van der Waals surface area contributed by atoms with E-state index >= 15 is 0 Å². The third-order valence-electron chi connectivity index (χ3n) is 5.24. The predicted octanol–water partition coefficient (Wildman–Crippen LogP) is 2.44. The lowest BCUT2D eigenvalue weighted by molar-refractivity contribution is 0.0505. The standard InChI is InChI=1S/C14H25NO/c1-15-14(10-6-8-16-9-7-10)13-11-4-2-3-5-12(11)13/h10-15H,2-9H2,1H3. The van der Waals surface area contributed by atoms with Gasteiger partial charge in [-0.25, -0.2) is 0 Å². The molecule has 16 heavy (non-hydrogen) atoms. The van der Waals surface area contributed by atoms with Crippen LogP contribution in [0, 0.1) is 23.7 Å². The fourth-order valence-corrected chi connectivity index (χ4v) is 4.40. The van der Waals surface area contributed by atoms with Gasteiger partial charge in [0.1, 0.15) is 0 Å². The van der Waals surface area contributed by atoms with Crippen molar-refractivity contribution < 1.29 is 4.74 Å². The molecule has 2 saturated carbocycles. The number of rotatable bonds is 3. The van der Waals surface area contributed by atoms with Crippen molar-refractivity contribution in [2.24, 2.45) is 23.7 Å². The Morgan fingerprint density at radius 3 is 2.19 bits per heavy atom. The number of hydrogen-bond acceptors (Lipinski definition) is 2. The number of hydrogen-bond donors (Lipinski definition) is 1. The molecule has 0 radical (unpaired) electrons. The molecule has 0 amide bonds. The molecule has 1 heterocycles. The zero-order chi connectivity index (χ0) is 11.0. The van der Waals surface area contributed by atoms with E-state index in [1.807, 2.05) is 0 Å². The van der Waals surface area contributed by atoms with Crippen LogP contribution < -0.4 is 5.32 Å². The zero-order valence-electron chi connectivity index (χ0n) is 10.5. The molecule has 1 N–H and O–H groups in total. The molecule has 1 aliphatic heterocycles. The van der Waals surface area contributed by atoms with E-state index in [0.29, 0.717) is 0 Å². The van der Waals surface area contributed by atoms with Crippen LogP contribution in [0.15, 0.2) is 0 Å². The zero-order valence-corrected chi connectivity index (χ0v) is 10.5. The van der Waals surface area contributed by atoms with Gasteiger partial charge in [-0.2, -0.15) is 0 Å². The van der Waals surface area contributed by atoms with Crippen LogP contribution in [0.25, 0.3) is 0 Å². The summed E-state index contributed by atoms with van der Waals surface area (Å²) in [6.07, 6.45) is 8.56. The van der Waals surface area contributed by atoms with Crippen molar-refractivity contribution >= 4 is 0 Å². The van der Waals surface area contributed by atoms with Gasteiger partial charge in [-0.05, 0) is 56.4 Å². The number of nitrogens with one attached hydrogen (secondary N) is 1. The van der Waals surface area contributed by atoms with Crippen molar-refractivity contribution in [3.05, 3.63) is 0 Å². The summed E-state index contributed by atoms with van der Waals surface area (Å²) in [4.78, 5) is 0. The van der Waals surface area contributed by atoms with Crippen LogP contribution in [0.5, 0.6) is 0 Å². The van der Waals surface area contributed by atoms with Crippen molar-refractivity contribution in [2.45, 2.75) is 44.6 Å². The third kappa shape index (κ3) is 1.91. The van der Waals surface area contributed by atoms with Gasteiger partial charge in [0.2, 0.25) is 0 Å². The molecule has 2 aliphatic carbocycles. The molecule has 2 heteroatoms. The molecule has 1 saturated heterocycles. The first kappa shape index (κ1) is 11.0. The highest BCUT2D eigenvalue weighted by molar-refractivity contribution is 5.06. The van der Waals surface area contributed by atoms with Crippen LogP contribution in [-0.2, 0) is 4.74 Å². The van der Waals surface area contributed by atoms with Gasteiger partial charge in [-0.3, -0.25) is 0 Å². The Morgan fingerprint density at radius 1 is 1.00 bits per heavy atom. The first-order chi connectivity index (χ1) is 7.92. The molecule has 0 bridgehead atoms. The number of ether oxygens (including phenoxy) is 1. The van der Waals surface area contributed by atoms with Gasteiger partial charge >= 0.3 is 0 Å². The van der Waals surface area contributed by atoms with Crippen molar-refractivity contribution in [3.8, 4) is 0 Å².